The number of ether oxygens (including phenoxy) is 1. The van der Waals surface area contributed by atoms with E-state index in [9.17, 15) is 26.4 Å². The Morgan fingerprint density at radius 2 is 0.922 bits per heavy atom. The highest BCUT2D eigenvalue weighted by Gasteiger charge is 2.17. The number of carbonyl (C=O) groups excluding carboxylic acids is 1. The minimum absolute atomic E-state index is 0. The van der Waals surface area contributed by atoms with Crippen LogP contribution in [-0.4, -0.2) is 52.4 Å². The zero-order valence-electron chi connectivity index (χ0n) is 33.6. The van der Waals surface area contributed by atoms with Gasteiger partial charge in [0.05, 0.1) is 54.1 Å². The second-order valence-corrected chi connectivity index (χ2v) is 18.4. The quantitative estimate of drug-likeness (QED) is 0.0423. The third-order valence-electron chi connectivity index (χ3n) is 8.56. The molecule has 6 aromatic rings. The van der Waals surface area contributed by atoms with Crippen molar-refractivity contribution in [2.24, 2.45) is 0 Å². The number of sulfonamides is 2. The Bertz CT molecular complexity index is 2690. The van der Waals surface area contributed by atoms with E-state index in [1.165, 1.54) is 24.3 Å². The highest BCUT2D eigenvalue weighted by atomic mass is 35.5. The summed E-state index contributed by atoms with van der Waals surface area (Å²) in [4.78, 5) is 23.4. The summed E-state index contributed by atoms with van der Waals surface area (Å²) in [5.74, 6) is -1.48. The predicted octanol–water partition coefficient (Wildman–Crippen LogP) is 10.3. The Morgan fingerprint density at radius 3 is 1.31 bits per heavy atom. The molecule has 0 aliphatic carbocycles. The second-order valence-electron chi connectivity index (χ2n) is 13.2. The number of aliphatic hydroxyl groups excluding tert-OH is 1. The summed E-state index contributed by atoms with van der Waals surface area (Å²) >= 11 is 24.6. The summed E-state index contributed by atoms with van der Waals surface area (Å²) in [5, 5.41) is 25.4. The zero-order chi connectivity index (χ0) is 46.2. The number of esters is 1. The lowest BCUT2D eigenvalue weighted by molar-refractivity contribution is -0.143. The Labute approximate surface area is 393 Å². The second kappa shape index (κ2) is 25.3. The van der Waals surface area contributed by atoms with Crippen molar-refractivity contribution in [3.8, 4) is 0 Å². The number of para-hydroxylation sites is 4. The monoisotopic (exact) mass is 990 g/mol. The molecule has 0 atom stereocenters. The zero-order valence-corrected chi connectivity index (χ0v) is 38.3. The van der Waals surface area contributed by atoms with Gasteiger partial charge >= 0.3 is 11.9 Å². The molecule has 19 heteroatoms. The molecule has 6 aromatic carbocycles. The van der Waals surface area contributed by atoms with Crippen LogP contribution in [0.4, 0.5) is 22.7 Å². The number of hydrogen-bond acceptors (Lipinski definition) is 10. The van der Waals surface area contributed by atoms with Gasteiger partial charge in [-0.2, -0.15) is 9.44 Å². The summed E-state index contributed by atoms with van der Waals surface area (Å²) in [6, 6.07) is 37.3. The molecular weight excluding hydrogens is 946 g/mol. The molecule has 0 saturated heterocycles. The average molecular weight is 993 g/mol. The first kappa shape index (κ1) is 53.1. The van der Waals surface area contributed by atoms with Crippen molar-refractivity contribution < 1.29 is 41.4 Å². The normalized spacial score (nSPS) is 10.8. The van der Waals surface area contributed by atoms with Crippen molar-refractivity contribution in [3.63, 3.8) is 0 Å². The van der Waals surface area contributed by atoms with Gasteiger partial charge in [-0.25, -0.2) is 16.8 Å². The fraction of sp³-hybridized carbons (Fsp3) is 0.156. The topological polar surface area (TPSA) is 200 Å². The number of aryl methyl sites for hydroxylation is 2. The van der Waals surface area contributed by atoms with E-state index in [2.05, 4.69) is 15.4 Å². The van der Waals surface area contributed by atoms with Crippen LogP contribution in [0.5, 0.6) is 0 Å². The van der Waals surface area contributed by atoms with Crippen molar-refractivity contribution >= 4 is 101 Å². The molecule has 0 aromatic heterocycles. The van der Waals surface area contributed by atoms with Gasteiger partial charge < -0.3 is 25.6 Å². The highest BCUT2D eigenvalue weighted by Crippen LogP contribution is 2.35. The first-order chi connectivity index (χ1) is 29.9. The van der Waals surface area contributed by atoms with Crippen molar-refractivity contribution in [2.75, 3.05) is 24.1 Å². The van der Waals surface area contributed by atoms with Gasteiger partial charge in [0.15, 0.2) is 6.73 Å². The minimum atomic E-state index is -3.77. The fourth-order valence-corrected chi connectivity index (χ4v) is 8.03. The summed E-state index contributed by atoms with van der Waals surface area (Å²) in [5.41, 5.74) is 5.66. The molecule has 0 aliphatic heterocycles. The number of carboxylic acids is 1. The van der Waals surface area contributed by atoms with Gasteiger partial charge in [-0.15, -0.1) is 0 Å². The highest BCUT2D eigenvalue weighted by molar-refractivity contribution is 7.89. The lowest BCUT2D eigenvalue weighted by Crippen LogP contribution is -2.28. The molecule has 0 amide bonds. The Balaban J connectivity index is 0.000000280. The van der Waals surface area contributed by atoms with Gasteiger partial charge in [0.2, 0.25) is 20.0 Å². The molecule has 0 radical (unpaired) electrons. The third kappa shape index (κ3) is 16.4. The van der Waals surface area contributed by atoms with Crippen molar-refractivity contribution in [3.05, 3.63) is 176 Å². The maximum atomic E-state index is 12.3. The standard InChI is InChI=1S/C22H20Cl2N2O4S.C14H11Cl2NO2.C8H11NO3S.CH4/c1-15-9-11-17(12-10-15)31(28,29)25-14-30-21(27)13-16-5-2-3-8-20(16)26-22-18(23)6-4-7-19(22)24;15-10-5-3-6-11(16)14(10)17-12-7-2-1-4-9(12)8-13(18)19;1-7-2-4-8(5-3-7)13(11,12)9-6-10;/h2-12,25-26H,13-14H2,1H3;1-7,17H,8H2,(H,18,19);2-5,9-10H,6H2,1H3;1H4. The largest absolute Gasteiger partial charge is 0.481 e. The predicted molar refractivity (Wildman–Crippen MR) is 255 cm³/mol. The molecule has 13 nitrogen and oxygen atoms in total. The number of aliphatic carboxylic acids is 1. The smallest absolute Gasteiger partial charge is 0.311 e. The van der Waals surface area contributed by atoms with Crippen LogP contribution in [0.25, 0.3) is 0 Å². The molecule has 64 heavy (non-hydrogen) atoms. The number of halogens is 4. The van der Waals surface area contributed by atoms with E-state index in [4.69, 9.17) is 61.4 Å². The number of carbonyl (C=O) groups is 2. The van der Waals surface area contributed by atoms with Crippen molar-refractivity contribution in [1.29, 1.82) is 0 Å². The number of aliphatic hydroxyl groups is 1. The third-order valence-corrected chi connectivity index (χ3v) is 12.6. The first-order valence-corrected chi connectivity index (χ1v) is 23.1. The molecule has 0 bridgehead atoms. The van der Waals surface area contributed by atoms with Crippen LogP contribution < -0.4 is 20.1 Å². The van der Waals surface area contributed by atoms with Crippen LogP contribution in [0.1, 0.15) is 29.7 Å². The Morgan fingerprint density at radius 1 is 0.547 bits per heavy atom. The van der Waals surface area contributed by atoms with Gasteiger partial charge in [0, 0.05) is 11.4 Å². The molecule has 0 heterocycles. The van der Waals surface area contributed by atoms with E-state index in [0.29, 0.717) is 54.0 Å². The molecule has 6 N–H and O–H groups in total. The number of rotatable bonds is 15. The summed E-state index contributed by atoms with van der Waals surface area (Å²) in [6.07, 6.45) is -0.136. The summed E-state index contributed by atoms with van der Waals surface area (Å²) < 4.78 is 56.4. The van der Waals surface area contributed by atoms with Crippen LogP contribution in [0.2, 0.25) is 20.1 Å². The molecule has 340 valence electrons. The van der Waals surface area contributed by atoms with Crippen LogP contribution in [-0.2, 0) is 47.2 Å². The van der Waals surface area contributed by atoms with Gasteiger partial charge in [-0.1, -0.05) is 138 Å². The number of nitrogens with one attached hydrogen (secondary N) is 4. The van der Waals surface area contributed by atoms with E-state index in [0.717, 1.165) is 11.1 Å². The summed E-state index contributed by atoms with van der Waals surface area (Å²) in [7, 11) is -7.30. The van der Waals surface area contributed by atoms with Crippen LogP contribution in [0.15, 0.2) is 143 Å². The SMILES string of the molecule is C.Cc1ccc(S(=O)(=O)NCO)cc1.Cc1ccc(S(=O)(=O)NCOC(=O)Cc2ccccc2Nc2c(Cl)cccc2Cl)cc1.O=C(O)Cc1ccccc1Nc1c(Cl)cccc1Cl. The van der Waals surface area contributed by atoms with E-state index in [1.807, 2.05) is 24.6 Å². The molecule has 0 spiro atoms. The molecule has 0 aliphatic rings. The molecule has 6 rings (SSSR count). The molecular formula is C45H46Cl4N4O9S2. The lowest BCUT2D eigenvalue weighted by Gasteiger charge is -2.14. The van der Waals surface area contributed by atoms with Crippen LogP contribution in [0.3, 0.4) is 0 Å². The maximum absolute atomic E-state index is 12.3. The number of hydrogen-bond donors (Lipinski definition) is 6. The Hall–Kier alpha value is -5.20. The van der Waals surface area contributed by atoms with E-state index < -0.39 is 45.4 Å². The van der Waals surface area contributed by atoms with Crippen molar-refractivity contribution in [1.82, 2.24) is 9.44 Å². The van der Waals surface area contributed by atoms with Gasteiger partial charge in [-0.3, -0.25) is 9.59 Å². The molecule has 0 fully saturated rings. The summed E-state index contributed by atoms with van der Waals surface area (Å²) in [6.45, 7) is 2.67. The van der Waals surface area contributed by atoms with E-state index in [-0.39, 0.29) is 30.1 Å². The minimum Gasteiger partial charge on any atom is -0.481 e. The number of benzene rings is 6. The van der Waals surface area contributed by atoms with Gasteiger partial charge in [0.1, 0.15) is 6.73 Å². The lowest BCUT2D eigenvalue weighted by atomic mass is 10.1. The van der Waals surface area contributed by atoms with Crippen LogP contribution in [0, 0.1) is 13.8 Å². The van der Waals surface area contributed by atoms with Gasteiger partial charge in [0.25, 0.3) is 0 Å². The number of carboxylic acid groups (broad SMARTS) is 1. The van der Waals surface area contributed by atoms with Crippen LogP contribution >= 0.6 is 46.4 Å². The average Bonchev–Trinajstić information content (AvgIpc) is 3.22. The first-order valence-electron chi connectivity index (χ1n) is 18.6. The maximum Gasteiger partial charge on any atom is 0.311 e. The number of anilines is 4. The van der Waals surface area contributed by atoms with E-state index >= 15 is 0 Å². The molecule has 0 unspecified atom stereocenters. The fourth-order valence-electron chi connectivity index (χ4n) is 5.34. The van der Waals surface area contributed by atoms with Gasteiger partial charge in [-0.05, 0) is 85.6 Å². The van der Waals surface area contributed by atoms with Crippen molar-refractivity contribution in [2.45, 2.75) is 43.9 Å². The molecule has 0 saturated carbocycles. The van der Waals surface area contributed by atoms with E-state index in [1.54, 1.807) is 103 Å². The Kier molecular flexibility index (Phi) is 21.0.